The molecule has 0 aliphatic heterocycles. The van der Waals surface area contributed by atoms with Crippen molar-refractivity contribution in [3.63, 3.8) is 0 Å². The minimum absolute atomic E-state index is 0.00807. The van der Waals surface area contributed by atoms with E-state index in [1.54, 1.807) is 20.8 Å². The summed E-state index contributed by atoms with van der Waals surface area (Å²) in [5.74, 6) is -1.85. The van der Waals surface area contributed by atoms with Crippen molar-refractivity contribution >= 4 is 29.0 Å². The van der Waals surface area contributed by atoms with Crippen molar-refractivity contribution in [3.05, 3.63) is 29.8 Å². The van der Waals surface area contributed by atoms with Gasteiger partial charge in [0.1, 0.15) is 23.3 Å². The van der Waals surface area contributed by atoms with Crippen LogP contribution in [0.2, 0.25) is 0 Å². The highest BCUT2D eigenvalue weighted by molar-refractivity contribution is 7.80. The van der Waals surface area contributed by atoms with E-state index in [1.807, 2.05) is 20.8 Å². The third-order valence-electron chi connectivity index (χ3n) is 2.86. The first-order valence-corrected chi connectivity index (χ1v) is 8.57. The Morgan fingerprint density at radius 1 is 1.15 bits per heavy atom. The van der Waals surface area contributed by atoms with Crippen LogP contribution in [-0.2, 0) is 14.3 Å². The topological polar surface area (TPSA) is 59.6 Å². The van der Waals surface area contributed by atoms with E-state index in [1.165, 1.54) is 0 Å². The highest BCUT2D eigenvalue weighted by Crippen LogP contribution is 2.16. The maximum Gasteiger partial charge on any atom is 0.331 e. The second-order valence-electron chi connectivity index (χ2n) is 7.73. The fourth-order valence-electron chi connectivity index (χ4n) is 1.78. The molecule has 0 amide bonds. The van der Waals surface area contributed by atoms with Crippen LogP contribution in [0, 0.1) is 11.6 Å². The molecule has 0 fully saturated rings. The van der Waals surface area contributed by atoms with Crippen molar-refractivity contribution in [2.24, 2.45) is 0 Å². The van der Waals surface area contributed by atoms with Crippen LogP contribution in [0.3, 0.4) is 0 Å². The molecule has 8 heteroatoms. The summed E-state index contributed by atoms with van der Waals surface area (Å²) in [6.07, 6.45) is 0. The molecule has 146 valence electrons. The van der Waals surface area contributed by atoms with Gasteiger partial charge in [-0.25, -0.2) is 13.6 Å². The Bertz CT molecular complexity index is 655. The molecule has 0 bridgehead atoms. The van der Waals surface area contributed by atoms with Crippen molar-refractivity contribution < 1.29 is 23.0 Å². The van der Waals surface area contributed by atoms with E-state index in [0.29, 0.717) is 0 Å². The zero-order valence-corrected chi connectivity index (χ0v) is 16.7. The van der Waals surface area contributed by atoms with E-state index in [4.69, 9.17) is 21.7 Å². The Morgan fingerprint density at radius 2 is 1.77 bits per heavy atom. The van der Waals surface area contributed by atoms with Gasteiger partial charge in [0.15, 0.2) is 5.11 Å². The van der Waals surface area contributed by atoms with Gasteiger partial charge in [0.05, 0.1) is 17.9 Å². The van der Waals surface area contributed by atoms with Crippen LogP contribution < -0.4 is 10.6 Å². The van der Waals surface area contributed by atoms with E-state index < -0.39 is 34.8 Å². The van der Waals surface area contributed by atoms with E-state index in [9.17, 15) is 13.6 Å². The third kappa shape index (κ3) is 8.53. The molecule has 1 unspecified atom stereocenters. The summed E-state index contributed by atoms with van der Waals surface area (Å²) in [5.41, 5.74) is -1.31. The molecule has 1 atom stereocenters. The number of hydrogen-bond acceptors (Lipinski definition) is 4. The second kappa shape index (κ2) is 8.73. The number of thiocarbonyl (C=S) groups is 1. The summed E-state index contributed by atoms with van der Waals surface area (Å²) in [5, 5.41) is 5.22. The maximum atomic E-state index is 13.7. The molecule has 1 aromatic rings. The van der Waals surface area contributed by atoms with Crippen molar-refractivity contribution in [3.8, 4) is 0 Å². The number of rotatable bonds is 5. The molecule has 0 saturated carbocycles. The molecule has 26 heavy (non-hydrogen) atoms. The van der Waals surface area contributed by atoms with Crippen LogP contribution >= 0.6 is 12.2 Å². The summed E-state index contributed by atoms with van der Waals surface area (Å²) >= 11 is 5.11. The molecule has 0 spiro atoms. The Balaban J connectivity index is 2.84. The molecule has 1 rings (SSSR count). The number of hydrogen-bond donors (Lipinski definition) is 2. The average molecular weight is 388 g/mol. The van der Waals surface area contributed by atoms with Gasteiger partial charge in [-0.3, -0.25) is 0 Å². The molecule has 5 nitrogen and oxygen atoms in total. The predicted molar refractivity (Wildman–Crippen MR) is 101 cm³/mol. The van der Waals surface area contributed by atoms with Crippen molar-refractivity contribution in [1.82, 2.24) is 5.32 Å². The highest BCUT2D eigenvalue weighted by Gasteiger charge is 2.28. The largest absolute Gasteiger partial charge is 0.458 e. The number of nitrogens with one attached hydrogen (secondary N) is 2. The van der Waals surface area contributed by atoms with Gasteiger partial charge < -0.3 is 20.1 Å². The van der Waals surface area contributed by atoms with Gasteiger partial charge in [-0.05, 0) is 65.9 Å². The molecule has 0 aromatic heterocycles. The number of carbonyl (C=O) groups excluding carboxylic acids is 1. The van der Waals surface area contributed by atoms with Crippen LogP contribution in [0.4, 0.5) is 14.5 Å². The molecular weight excluding hydrogens is 362 g/mol. The van der Waals surface area contributed by atoms with Gasteiger partial charge >= 0.3 is 5.97 Å². The smallest absolute Gasteiger partial charge is 0.331 e. The number of carbonyl (C=O) groups is 1. The van der Waals surface area contributed by atoms with Gasteiger partial charge in [-0.15, -0.1) is 0 Å². The van der Waals surface area contributed by atoms with Crippen LogP contribution in [-0.4, -0.2) is 34.9 Å². The fourth-order valence-corrected chi connectivity index (χ4v) is 2.04. The molecule has 0 aliphatic rings. The number of benzene rings is 1. The summed E-state index contributed by atoms with van der Waals surface area (Å²) in [6.45, 7) is 10.8. The Labute approximate surface area is 158 Å². The lowest BCUT2D eigenvalue weighted by molar-refractivity contribution is -0.159. The quantitative estimate of drug-likeness (QED) is 0.591. The van der Waals surface area contributed by atoms with Crippen LogP contribution in [0.25, 0.3) is 0 Å². The minimum Gasteiger partial charge on any atom is -0.458 e. The normalized spacial score (nSPS) is 13.1. The summed E-state index contributed by atoms with van der Waals surface area (Å²) in [6, 6.07) is 2.04. The van der Waals surface area contributed by atoms with Crippen molar-refractivity contribution in [1.29, 1.82) is 0 Å². The van der Waals surface area contributed by atoms with Gasteiger partial charge in [0, 0.05) is 6.07 Å². The van der Waals surface area contributed by atoms with Crippen molar-refractivity contribution in [2.45, 2.75) is 58.8 Å². The fraction of sp³-hybridized carbons (Fsp3) is 0.556. The lowest BCUT2D eigenvalue weighted by atomic mass is 10.1. The number of ether oxygens (including phenoxy) is 2. The first-order valence-electron chi connectivity index (χ1n) is 8.16. The summed E-state index contributed by atoms with van der Waals surface area (Å²) < 4.78 is 38.0. The molecule has 0 heterocycles. The first-order chi connectivity index (χ1) is 11.8. The molecule has 0 radical (unpaired) electrons. The lowest BCUT2D eigenvalue weighted by Crippen LogP contribution is -2.49. The Kier molecular flexibility index (Phi) is 7.46. The molecule has 0 aliphatic carbocycles. The van der Waals surface area contributed by atoms with Crippen LogP contribution in [0.15, 0.2) is 18.2 Å². The Hall–Kier alpha value is -1.80. The lowest BCUT2D eigenvalue weighted by Gasteiger charge is -2.28. The number of esters is 1. The van der Waals surface area contributed by atoms with E-state index in [2.05, 4.69) is 10.6 Å². The van der Waals surface area contributed by atoms with Gasteiger partial charge in [0.25, 0.3) is 0 Å². The standard InChI is InChI=1S/C18H26F2N2O3S/c1-17(2,3)24-10-14(15(23)25-18(4,5)6)22-16(26)21-13-9-11(19)7-8-12(13)20/h7-9,14H,10H2,1-6H3,(H2,21,22,26). The SMILES string of the molecule is CC(C)(C)OCC(NC(=S)Nc1cc(F)ccc1F)C(=O)OC(C)(C)C. The molecule has 0 saturated heterocycles. The Morgan fingerprint density at radius 3 is 2.31 bits per heavy atom. The zero-order chi connectivity index (χ0) is 20.1. The molecular formula is C18H26F2N2O3S. The van der Waals surface area contributed by atoms with Gasteiger partial charge in [-0.1, -0.05) is 0 Å². The van der Waals surface area contributed by atoms with E-state index in [-0.39, 0.29) is 17.4 Å². The number of anilines is 1. The van der Waals surface area contributed by atoms with Gasteiger partial charge in [0.2, 0.25) is 0 Å². The van der Waals surface area contributed by atoms with Gasteiger partial charge in [-0.2, -0.15) is 0 Å². The maximum absolute atomic E-state index is 13.7. The van der Waals surface area contributed by atoms with Crippen LogP contribution in [0.5, 0.6) is 0 Å². The molecule has 2 N–H and O–H groups in total. The summed E-state index contributed by atoms with van der Waals surface area (Å²) in [4.78, 5) is 12.4. The average Bonchev–Trinajstić information content (AvgIpc) is 2.44. The van der Waals surface area contributed by atoms with Crippen LogP contribution in [0.1, 0.15) is 41.5 Å². The van der Waals surface area contributed by atoms with E-state index in [0.717, 1.165) is 18.2 Å². The van der Waals surface area contributed by atoms with Crippen molar-refractivity contribution in [2.75, 3.05) is 11.9 Å². The highest BCUT2D eigenvalue weighted by atomic mass is 32.1. The first kappa shape index (κ1) is 22.2. The second-order valence-corrected chi connectivity index (χ2v) is 8.14. The number of halogens is 2. The predicted octanol–water partition coefficient (Wildman–Crippen LogP) is 3.78. The third-order valence-corrected chi connectivity index (χ3v) is 3.08. The molecule has 1 aromatic carbocycles. The summed E-state index contributed by atoms with van der Waals surface area (Å²) in [7, 11) is 0. The zero-order valence-electron chi connectivity index (χ0n) is 15.9. The minimum atomic E-state index is -0.912. The van der Waals surface area contributed by atoms with E-state index >= 15 is 0 Å². The monoisotopic (exact) mass is 388 g/mol.